The van der Waals surface area contributed by atoms with Crippen LogP contribution in [0.15, 0.2) is 46.6 Å². The SMILES string of the molecule is CCCCCCCCOc1ccc(/C=C2\SC(=Nc3ccncc3Cl)N(C3CCCCC3)C2=O)cc1OC. The lowest BCUT2D eigenvalue weighted by Crippen LogP contribution is -2.40. The van der Waals surface area contributed by atoms with Crippen LogP contribution in [-0.4, -0.2) is 40.7 Å². The molecule has 1 amide bonds. The van der Waals surface area contributed by atoms with Gasteiger partial charge in [-0.2, -0.15) is 0 Å². The molecule has 1 saturated carbocycles. The Bertz CT molecular complexity index is 1150. The molecule has 38 heavy (non-hydrogen) atoms. The molecule has 0 unspecified atom stereocenters. The van der Waals surface area contributed by atoms with Gasteiger partial charge in [-0.15, -0.1) is 0 Å². The highest BCUT2D eigenvalue weighted by molar-refractivity contribution is 8.18. The van der Waals surface area contributed by atoms with Crippen molar-refractivity contribution < 1.29 is 14.3 Å². The molecular weight excluding hydrogens is 518 g/mol. The summed E-state index contributed by atoms with van der Waals surface area (Å²) in [6.07, 6.45) is 17.9. The van der Waals surface area contributed by atoms with Gasteiger partial charge in [-0.1, -0.05) is 76.0 Å². The first-order chi connectivity index (χ1) is 18.6. The zero-order chi connectivity index (χ0) is 26.7. The van der Waals surface area contributed by atoms with Crippen molar-refractivity contribution in [3.8, 4) is 11.5 Å². The van der Waals surface area contributed by atoms with Crippen molar-refractivity contribution in [2.45, 2.75) is 83.6 Å². The molecule has 2 heterocycles. The van der Waals surface area contributed by atoms with E-state index in [9.17, 15) is 4.79 Å². The molecule has 0 bridgehead atoms. The molecule has 1 aliphatic heterocycles. The molecule has 2 aliphatic rings. The van der Waals surface area contributed by atoms with Crippen molar-refractivity contribution in [2.24, 2.45) is 4.99 Å². The Morgan fingerprint density at radius 1 is 1.11 bits per heavy atom. The maximum Gasteiger partial charge on any atom is 0.267 e. The number of halogens is 1. The summed E-state index contributed by atoms with van der Waals surface area (Å²) in [5, 5.41) is 1.14. The number of aliphatic imine (C=N–C) groups is 1. The van der Waals surface area contributed by atoms with Gasteiger partial charge in [0.2, 0.25) is 0 Å². The molecule has 1 saturated heterocycles. The fraction of sp³-hybridized carbons (Fsp3) is 0.500. The van der Waals surface area contributed by atoms with Gasteiger partial charge in [0, 0.05) is 18.4 Å². The van der Waals surface area contributed by atoms with Crippen LogP contribution in [0.2, 0.25) is 5.02 Å². The first kappa shape index (κ1) is 28.5. The van der Waals surface area contributed by atoms with E-state index in [4.69, 9.17) is 26.1 Å². The predicted octanol–water partition coefficient (Wildman–Crippen LogP) is 8.42. The molecule has 1 aromatic carbocycles. The van der Waals surface area contributed by atoms with E-state index in [2.05, 4.69) is 11.9 Å². The minimum Gasteiger partial charge on any atom is -0.493 e. The smallest absolute Gasteiger partial charge is 0.267 e. The summed E-state index contributed by atoms with van der Waals surface area (Å²) in [5.41, 5.74) is 1.50. The lowest BCUT2D eigenvalue weighted by Gasteiger charge is -2.30. The first-order valence-corrected chi connectivity index (χ1v) is 15.0. The van der Waals surface area contributed by atoms with Crippen LogP contribution in [0.25, 0.3) is 6.08 Å². The molecule has 0 atom stereocenters. The molecule has 1 aliphatic carbocycles. The van der Waals surface area contributed by atoms with E-state index in [0.29, 0.717) is 33.1 Å². The van der Waals surface area contributed by atoms with Crippen LogP contribution in [0.3, 0.4) is 0 Å². The first-order valence-electron chi connectivity index (χ1n) is 13.8. The van der Waals surface area contributed by atoms with Gasteiger partial charge in [0.15, 0.2) is 16.7 Å². The van der Waals surface area contributed by atoms with Crippen LogP contribution in [0.1, 0.15) is 83.1 Å². The van der Waals surface area contributed by atoms with Gasteiger partial charge in [0.25, 0.3) is 5.91 Å². The second kappa shape index (κ2) is 14.6. The fourth-order valence-electron chi connectivity index (χ4n) is 4.90. The van der Waals surface area contributed by atoms with E-state index >= 15 is 0 Å². The number of amidine groups is 1. The van der Waals surface area contributed by atoms with Crippen molar-refractivity contribution in [3.05, 3.63) is 52.2 Å². The van der Waals surface area contributed by atoms with Gasteiger partial charge in [0.1, 0.15) is 0 Å². The molecular formula is C30H38ClN3O3S. The molecule has 6 nitrogen and oxygen atoms in total. The average molecular weight is 556 g/mol. The minimum atomic E-state index is -0.00630. The van der Waals surface area contributed by atoms with Crippen LogP contribution >= 0.6 is 23.4 Å². The maximum atomic E-state index is 13.6. The zero-order valence-corrected chi connectivity index (χ0v) is 24.0. The van der Waals surface area contributed by atoms with Gasteiger partial charge in [-0.25, -0.2) is 4.99 Å². The lowest BCUT2D eigenvalue weighted by atomic mass is 9.94. The highest BCUT2D eigenvalue weighted by Gasteiger charge is 2.38. The summed E-state index contributed by atoms with van der Waals surface area (Å²) in [4.78, 5) is 25.0. The summed E-state index contributed by atoms with van der Waals surface area (Å²) in [7, 11) is 1.65. The number of methoxy groups -OCH3 is 1. The third-order valence-electron chi connectivity index (χ3n) is 6.98. The number of unbranched alkanes of at least 4 members (excludes halogenated alkanes) is 5. The summed E-state index contributed by atoms with van der Waals surface area (Å²) >= 11 is 7.74. The second-order valence-electron chi connectivity index (χ2n) is 9.83. The Morgan fingerprint density at radius 2 is 1.89 bits per heavy atom. The van der Waals surface area contributed by atoms with Crippen molar-refractivity contribution >= 4 is 46.2 Å². The Hall–Kier alpha value is -2.51. The topological polar surface area (TPSA) is 64.0 Å². The molecule has 8 heteroatoms. The molecule has 4 rings (SSSR count). The quantitative estimate of drug-likeness (QED) is 0.194. The zero-order valence-electron chi connectivity index (χ0n) is 22.5. The van der Waals surface area contributed by atoms with Crippen molar-refractivity contribution in [1.82, 2.24) is 9.88 Å². The van der Waals surface area contributed by atoms with Crippen LogP contribution in [0.4, 0.5) is 5.69 Å². The second-order valence-corrected chi connectivity index (χ2v) is 11.2. The highest BCUT2D eigenvalue weighted by atomic mass is 35.5. The standard InChI is InChI=1S/C30H38ClN3O3S/c1-3-4-5-6-7-11-18-37-26-15-14-22(19-27(26)36-2)20-28-29(35)34(23-12-9-8-10-13-23)30(38-28)33-25-16-17-32-21-24(25)31/h14-17,19-21,23H,3-13,18H2,1-2H3/b28-20-,33-30?. The van der Waals surface area contributed by atoms with Gasteiger partial charge in [-0.05, 0) is 60.9 Å². The number of carbonyl (C=O) groups is 1. The van der Waals surface area contributed by atoms with Crippen molar-refractivity contribution in [2.75, 3.05) is 13.7 Å². The Balaban J connectivity index is 1.50. The van der Waals surface area contributed by atoms with Crippen molar-refractivity contribution in [3.63, 3.8) is 0 Å². The summed E-state index contributed by atoms with van der Waals surface area (Å²) in [6, 6.07) is 7.76. The summed E-state index contributed by atoms with van der Waals surface area (Å²) in [6.45, 7) is 2.90. The Labute approximate surface area is 235 Å². The molecule has 2 fully saturated rings. The van der Waals surface area contributed by atoms with E-state index in [1.54, 1.807) is 25.6 Å². The van der Waals surface area contributed by atoms with Gasteiger partial charge in [0.05, 0.1) is 29.3 Å². The number of nitrogens with zero attached hydrogens (tertiary/aromatic N) is 3. The molecule has 0 spiro atoms. The Morgan fingerprint density at radius 3 is 2.66 bits per heavy atom. The third kappa shape index (κ3) is 7.54. The number of amides is 1. The van der Waals surface area contributed by atoms with Gasteiger partial charge < -0.3 is 9.47 Å². The number of aromatic nitrogens is 1. The third-order valence-corrected chi connectivity index (χ3v) is 8.26. The van der Waals surface area contributed by atoms with Gasteiger partial charge in [-0.3, -0.25) is 14.7 Å². The highest BCUT2D eigenvalue weighted by Crippen LogP contribution is 2.40. The van der Waals surface area contributed by atoms with E-state index in [0.717, 1.165) is 43.4 Å². The normalized spacial score (nSPS) is 18.5. The molecule has 204 valence electrons. The van der Waals surface area contributed by atoms with E-state index in [1.165, 1.54) is 50.3 Å². The maximum absolute atomic E-state index is 13.6. The molecule has 2 aromatic rings. The van der Waals surface area contributed by atoms with Crippen LogP contribution < -0.4 is 9.47 Å². The largest absolute Gasteiger partial charge is 0.493 e. The number of ether oxygens (including phenoxy) is 2. The molecule has 0 N–H and O–H groups in total. The molecule has 0 radical (unpaired) electrons. The van der Waals surface area contributed by atoms with E-state index in [-0.39, 0.29) is 11.9 Å². The van der Waals surface area contributed by atoms with Crippen LogP contribution in [0, 0.1) is 0 Å². The summed E-state index contributed by atoms with van der Waals surface area (Å²) in [5.74, 6) is 1.39. The monoisotopic (exact) mass is 555 g/mol. The van der Waals surface area contributed by atoms with Crippen LogP contribution in [-0.2, 0) is 4.79 Å². The van der Waals surface area contributed by atoms with Crippen molar-refractivity contribution in [1.29, 1.82) is 0 Å². The van der Waals surface area contributed by atoms with Gasteiger partial charge >= 0.3 is 0 Å². The number of pyridine rings is 1. The van der Waals surface area contributed by atoms with E-state index in [1.807, 2.05) is 29.2 Å². The lowest BCUT2D eigenvalue weighted by molar-refractivity contribution is -0.124. The number of thioether (sulfide) groups is 1. The number of rotatable bonds is 12. The Kier molecular flexibility index (Phi) is 10.9. The number of carbonyl (C=O) groups excluding carboxylic acids is 1. The van der Waals surface area contributed by atoms with Crippen LogP contribution in [0.5, 0.6) is 11.5 Å². The molecule has 1 aromatic heterocycles. The number of benzene rings is 1. The fourth-order valence-corrected chi connectivity index (χ4v) is 6.11. The number of hydrogen-bond acceptors (Lipinski definition) is 6. The number of hydrogen-bond donors (Lipinski definition) is 0. The van der Waals surface area contributed by atoms with E-state index < -0.39 is 0 Å². The minimum absolute atomic E-state index is 0.00630. The average Bonchev–Trinajstić information content (AvgIpc) is 3.24. The predicted molar refractivity (Wildman–Crippen MR) is 157 cm³/mol. The summed E-state index contributed by atoms with van der Waals surface area (Å²) < 4.78 is 11.6.